The third-order valence-corrected chi connectivity index (χ3v) is 5.75. The Balaban J connectivity index is 2.24. The molecule has 6 nitrogen and oxygen atoms in total. The lowest BCUT2D eigenvalue weighted by molar-refractivity contribution is 0.0696. The second-order valence-corrected chi connectivity index (χ2v) is 7.65. The molecule has 1 N–H and O–H groups in total. The lowest BCUT2D eigenvalue weighted by Crippen LogP contribution is -2.27. The molecule has 3 aromatic rings. The first-order valence-electron chi connectivity index (χ1n) is 7.96. The van der Waals surface area contributed by atoms with Crippen molar-refractivity contribution in [1.29, 1.82) is 0 Å². The van der Waals surface area contributed by atoms with Crippen LogP contribution >= 0.6 is 0 Å². The number of carbonyl (C=O) groups is 1. The molecule has 1 aromatic heterocycles. The molecule has 0 saturated heterocycles. The zero-order valence-electron chi connectivity index (χ0n) is 14.5. The molecule has 0 aliphatic heterocycles. The highest BCUT2D eigenvalue weighted by atomic mass is 32.2. The molecule has 0 spiro atoms. The Morgan fingerprint density at radius 1 is 1.04 bits per heavy atom. The van der Waals surface area contributed by atoms with Gasteiger partial charge in [0.05, 0.1) is 28.0 Å². The standard InChI is InChI=1S/C19H14F2N2O4S/c1-12-4-6-15(10-16(12)19(24)25)28(26,27)23(14-3-2-8-22-11-14)13-5-7-17(20)18(21)9-13/h2-11H,1H3,(H,24,25). The predicted molar refractivity (Wildman–Crippen MR) is 98.1 cm³/mol. The zero-order valence-corrected chi connectivity index (χ0v) is 15.3. The van der Waals surface area contributed by atoms with Crippen LogP contribution in [-0.2, 0) is 10.0 Å². The molecule has 144 valence electrons. The maximum Gasteiger partial charge on any atom is 0.335 e. The molecule has 0 atom stereocenters. The summed E-state index contributed by atoms with van der Waals surface area (Å²) in [6.07, 6.45) is 2.67. The second-order valence-electron chi connectivity index (χ2n) is 5.86. The van der Waals surface area contributed by atoms with Crippen LogP contribution in [0.3, 0.4) is 0 Å². The van der Waals surface area contributed by atoms with Crippen LogP contribution in [0.25, 0.3) is 0 Å². The van der Waals surface area contributed by atoms with Gasteiger partial charge in [-0.25, -0.2) is 26.3 Å². The highest BCUT2D eigenvalue weighted by Gasteiger charge is 2.29. The first kappa shape index (κ1) is 19.4. The highest BCUT2D eigenvalue weighted by Crippen LogP contribution is 2.33. The van der Waals surface area contributed by atoms with Crippen LogP contribution in [0.1, 0.15) is 15.9 Å². The topological polar surface area (TPSA) is 87.6 Å². The van der Waals surface area contributed by atoms with Crippen molar-refractivity contribution in [2.24, 2.45) is 0 Å². The normalized spacial score (nSPS) is 11.2. The molecule has 0 aliphatic rings. The molecular formula is C19H14F2N2O4S. The summed E-state index contributed by atoms with van der Waals surface area (Å²) in [5.74, 6) is -3.64. The van der Waals surface area contributed by atoms with Gasteiger partial charge in [-0.05, 0) is 48.9 Å². The maximum absolute atomic E-state index is 13.8. The lowest BCUT2D eigenvalue weighted by atomic mass is 10.1. The Morgan fingerprint density at radius 2 is 1.79 bits per heavy atom. The second kappa shape index (κ2) is 7.35. The quantitative estimate of drug-likeness (QED) is 0.697. The van der Waals surface area contributed by atoms with E-state index in [9.17, 15) is 27.1 Å². The highest BCUT2D eigenvalue weighted by molar-refractivity contribution is 7.93. The van der Waals surface area contributed by atoms with Crippen molar-refractivity contribution in [3.05, 3.63) is 83.7 Å². The molecule has 1 heterocycles. The molecule has 0 saturated carbocycles. The zero-order chi connectivity index (χ0) is 20.5. The Hall–Kier alpha value is -3.33. The van der Waals surface area contributed by atoms with Crippen molar-refractivity contribution in [2.75, 3.05) is 4.31 Å². The van der Waals surface area contributed by atoms with Gasteiger partial charge in [0.2, 0.25) is 0 Å². The van der Waals surface area contributed by atoms with Gasteiger partial charge in [-0.3, -0.25) is 4.98 Å². The summed E-state index contributed by atoms with van der Waals surface area (Å²) in [5, 5.41) is 9.29. The van der Waals surface area contributed by atoms with Crippen LogP contribution in [0, 0.1) is 18.6 Å². The minimum absolute atomic E-state index is 0.0750. The van der Waals surface area contributed by atoms with Gasteiger partial charge in [-0.2, -0.15) is 0 Å². The van der Waals surface area contributed by atoms with Crippen LogP contribution in [0.4, 0.5) is 20.2 Å². The van der Waals surface area contributed by atoms with Crippen LogP contribution in [-0.4, -0.2) is 24.5 Å². The van der Waals surface area contributed by atoms with Gasteiger partial charge in [0.15, 0.2) is 11.6 Å². The molecule has 0 radical (unpaired) electrons. The molecule has 0 unspecified atom stereocenters. The fraction of sp³-hybridized carbons (Fsp3) is 0.0526. The number of sulfonamides is 1. The minimum atomic E-state index is -4.37. The van der Waals surface area contributed by atoms with E-state index in [4.69, 9.17) is 0 Å². The number of rotatable bonds is 5. The van der Waals surface area contributed by atoms with Gasteiger partial charge in [0.1, 0.15) is 0 Å². The van der Waals surface area contributed by atoms with E-state index in [-0.39, 0.29) is 21.8 Å². The molecule has 28 heavy (non-hydrogen) atoms. The van der Waals surface area contributed by atoms with Crippen molar-refractivity contribution >= 4 is 27.4 Å². The number of halogens is 2. The van der Waals surface area contributed by atoms with Crippen molar-refractivity contribution < 1.29 is 27.1 Å². The number of nitrogens with zero attached hydrogens (tertiary/aromatic N) is 2. The van der Waals surface area contributed by atoms with Crippen LogP contribution in [0.5, 0.6) is 0 Å². The summed E-state index contributed by atoms with van der Waals surface area (Å²) in [6.45, 7) is 1.54. The van der Waals surface area contributed by atoms with Crippen molar-refractivity contribution in [3.8, 4) is 0 Å². The number of hydrogen-bond donors (Lipinski definition) is 1. The van der Waals surface area contributed by atoms with Gasteiger partial charge < -0.3 is 5.11 Å². The van der Waals surface area contributed by atoms with Crippen molar-refractivity contribution in [2.45, 2.75) is 11.8 Å². The summed E-state index contributed by atoms with van der Waals surface area (Å²) >= 11 is 0. The fourth-order valence-corrected chi connectivity index (χ4v) is 4.10. The lowest BCUT2D eigenvalue weighted by Gasteiger charge is -2.24. The Morgan fingerprint density at radius 3 is 2.39 bits per heavy atom. The number of aryl methyl sites for hydroxylation is 1. The number of pyridine rings is 1. The van der Waals surface area contributed by atoms with E-state index >= 15 is 0 Å². The molecule has 0 fully saturated rings. The minimum Gasteiger partial charge on any atom is -0.478 e. The van der Waals surface area contributed by atoms with Gasteiger partial charge in [0.25, 0.3) is 10.0 Å². The summed E-state index contributed by atoms with van der Waals surface area (Å²) in [4.78, 5) is 14.9. The van der Waals surface area contributed by atoms with Crippen LogP contribution in [0.15, 0.2) is 65.8 Å². The molecule has 0 amide bonds. The number of carboxylic acid groups (broad SMARTS) is 1. The van der Waals surface area contributed by atoms with E-state index in [1.807, 2.05) is 0 Å². The number of aromatic carboxylic acids is 1. The van der Waals surface area contributed by atoms with Gasteiger partial charge in [-0.1, -0.05) is 6.07 Å². The third kappa shape index (κ3) is 3.56. The molecule has 9 heteroatoms. The number of anilines is 2. The third-order valence-electron chi connectivity index (χ3n) is 4.00. The monoisotopic (exact) mass is 404 g/mol. The maximum atomic E-state index is 13.8. The Labute approximate surface area is 159 Å². The van der Waals surface area contributed by atoms with E-state index in [1.165, 1.54) is 43.6 Å². The summed E-state index contributed by atoms with van der Waals surface area (Å²) in [6, 6.07) is 9.20. The van der Waals surface area contributed by atoms with E-state index in [1.54, 1.807) is 0 Å². The number of benzene rings is 2. The summed E-state index contributed by atoms with van der Waals surface area (Å²) in [5.41, 5.74) is 0.111. The van der Waals surface area contributed by atoms with Gasteiger partial charge >= 0.3 is 5.97 Å². The molecule has 2 aromatic carbocycles. The van der Waals surface area contributed by atoms with E-state index < -0.39 is 27.6 Å². The largest absolute Gasteiger partial charge is 0.478 e. The van der Waals surface area contributed by atoms with Crippen LogP contribution < -0.4 is 4.31 Å². The summed E-state index contributed by atoms with van der Waals surface area (Å²) in [7, 11) is -4.37. The van der Waals surface area contributed by atoms with Crippen molar-refractivity contribution in [3.63, 3.8) is 0 Å². The average molecular weight is 404 g/mol. The first-order valence-corrected chi connectivity index (χ1v) is 9.40. The van der Waals surface area contributed by atoms with Gasteiger partial charge in [-0.15, -0.1) is 0 Å². The van der Waals surface area contributed by atoms with Crippen LogP contribution in [0.2, 0.25) is 0 Å². The SMILES string of the molecule is Cc1ccc(S(=O)(=O)N(c2cccnc2)c2ccc(F)c(F)c2)cc1C(=O)O. The molecule has 0 aliphatic carbocycles. The predicted octanol–water partition coefficient (Wildman–Crippen LogP) is 3.89. The average Bonchev–Trinajstić information content (AvgIpc) is 2.65. The number of hydrogen-bond acceptors (Lipinski definition) is 4. The fourth-order valence-electron chi connectivity index (χ4n) is 2.61. The Kier molecular flexibility index (Phi) is 5.10. The summed E-state index contributed by atoms with van der Waals surface area (Å²) < 4.78 is 54.5. The smallest absolute Gasteiger partial charge is 0.335 e. The van der Waals surface area contributed by atoms with E-state index in [2.05, 4.69) is 4.98 Å². The number of carboxylic acids is 1. The Bertz CT molecular complexity index is 1150. The van der Waals surface area contributed by atoms with E-state index in [0.29, 0.717) is 5.56 Å². The first-order chi connectivity index (χ1) is 13.2. The van der Waals surface area contributed by atoms with E-state index in [0.717, 1.165) is 28.6 Å². The van der Waals surface area contributed by atoms with Crippen molar-refractivity contribution in [1.82, 2.24) is 4.98 Å². The molecular weight excluding hydrogens is 390 g/mol. The number of aromatic nitrogens is 1. The molecule has 0 bridgehead atoms. The van der Waals surface area contributed by atoms with Gasteiger partial charge in [0, 0.05) is 12.3 Å². The molecule has 3 rings (SSSR count).